The number of anilines is 1. The highest BCUT2D eigenvalue weighted by atomic mass is 16.5. The van der Waals surface area contributed by atoms with Crippen LogP contribution in [-0.2, 0) is 15.1 Å². The standard InChI is InChI=1S/C26H26N2O3/c1-26(20-9-4-2-5-10-20,21-11-6-3-7-12-21)27-24(29)19-31-23-16-14-22(15-17-23)28-18-8-13-25(28)30/h2-7,9-12,14-17H,8,13,18-19H2,1H3,(H,27,29). The van der Waals surface area contributed by atoms with Crippen LogP contribution in [0.5, 0.6) is 5.75 Å². The van der Waals surface area contributed by atoms with Crippen molar-refractivity contribution in [3.05, 3.63) is 96.1 Å². The molecule has 1 aliphatic heterocycles. The molecule has 0 unspecified atom stereocenters. The molecular formula is C26H26N2O3. The van der Waals surface area contributed by atoms with Crippen LogP contribution < -0.4 is 15.0 Å². The molecule has 0 aromatic heterocycles. The van der Waals surface area contributed by atoms with E-state index < -0.39 is 5.54 Å². The fourth-order valence-electron chi connectivity index (χ4n) is 3.96. The first-order valence-electron chi connectivity index (χ1n) is 10.5. The summed E-state index contributed by atoms with van der Waals surface area (Å²) in [6, 6.07) is 27.1. The topological polar surface area (TPSA) is 58.6 Å². The molecule has 0 bridgehead atoms. The van der Waals surface area contributed by atoms with Crippen molar-refractivity contribution in [2.45, 2.75) is 25.3 Å². The lowest BCUT2D eigenvalue weighted by Crippen LogP contribution is -2.46. The molecule has 4 rings (SSSR count). The second-order valence-electron chi connectivity index (χ2n) is 7.84. The lowest BCUT2D eigenvalue weighted by atomic mass is 9.84. The van der Waals surface area contributed by atoms with Gasteiger partial charge in [0.05, 0.1) is 5.54 Å². The Balaban J connectivity index is 1.43. The maximum atomic E-state index is 12.8. The predicted octanol–water partition coefficient (Wildman–Crippen LogP) is 4.27. The number of rotatable bonds is 7. The quantitative estimate of drug-likeness (QED) is 0.628. The van der Waals surface area contributed by atoms with Gasteiger partial charge in [0.25, 0.3) is 5.91 Å². The Morgan fingerprint density at radius 3 is 2.03 bits per heavy atom. The molecule has 1 heterocycles. The van der Waals surface area contributed by atoms with E-state index >= 15 is 0 Å². The molecule has 31 heavy (non-hydrogen) atoms. The fraction of sp³-hybridized carbons (Fsp3) is 0.231. The minimum absolute atomic E-state index is 0.1000. The summed E-state index contributed by atoms with van der Waals surface area (Å²) >= 11 is 0. The van der Waals surface area contributed by atoms with Crippen LogP contribution in [0.15, 0.2) is 84.9 Å². The summed E-state index contributed by atoms with van der Waals surface area (Å²) in [6.45, 7) is 2.65. The number of hydrogen-bond acceptors (Lipinski definition) is 3. The number of ether oxygens (including phenoxy) is 1. The number of hydrogen-bond donors (Lipinski definition) is 1. The Morgan fingerprint density at radius 2 is 1.52 bits per heavy atom. The summed E-state index contributed by atoms with van der Waals surface area (Å²) in [7, 11) is 0. The SMILES string of the molecule is CC(NC(=O)COc1ccc(N2CCCC2=O)cc1)(c1ccccc1)c1ccccc1. The van der Waals surface area contributed by atoms with Crippen molar-refractivity contribution in [1.29, 1.82) is 0 Å². The van der Waals surface area contributed by atoms with Crippen molar-refractivity contribution < 1.29 is 14.3 Å². The van der Waals surface area contributed by atoms with Crippen molar-refractivity contribution in [1.82, 2.24) is 5.32 Å². The minimum Gasteiger partial charge on any atom is -0.484 e. The zero-order valence-electron chi connectivity index (χ0n) is 17.6. The number of nitrogens with one attached hydrogen (secondary N) is 1. The zero-order valence-corrected chi connectivity index (χ0v) is 17.6. The molecule has 0 atom stereocenters. The van der Waals surface area contributed by atoms with Gasteiger partial charge in [0.1, 0.15) is 5.75 Å². The summed E-state index contributed by atoms with van der Waals surface area (Å²) in [4.78, 5) is 26.5. The van der Waals surface area contributed by atoms with Crippen molar-refractivity contribution in [2.75, 3.05) is 18.1 Å². The van der Waals surface area contributed by atoms with Crippen molar-refractivity contribution in [3.63, 3.8) is 0 Å². The van der Waals surface area contributed by atoms with E-state index in [1.807, 2.05) is 79.7 Å². The van der Waals surface area contributed by atoms with Crippen LogP contribution in [-0.4, -0.2) is 25.0 Å². The van der Waals surface area contributed by atoms with Crippen LogP contribution in [0.1, 0.15) is 30.9 Å². The van der Waals surface area contributed by atoms with E-state index in [2.05, 4.69) is 5.32 Å². The Hall–Kier alpha value is -3.60. The van der Waals surface area contributed by atoms with Gasteiger partial charge in [-0.1, -0.05) is 60.7 Å². The third-order valence-corrected chi connectivity index (χ3v) is 5.68. The van der Waals surface area contributed by atoms with Gasteiger partial charge in [-0.15, -0.1) is 0 Å². The fourth-order valence-corrected chi connectivity index (χ4v) is 3.96. The van der Waals surface area contributed by atoms with Gasteiger partial charge in [-0.3, -0.25) is 9.59 Å². The Bertz CT molecular complexity index is 994. The smallest absolute Gasteiger partial charge is 0.258 e. The molecule has 1 N–H and O–H groups in total. The first-order valence-corrected chi connectivity index (χ1v) is 10.5. The van der Waals surface area contributed by atoms with E-state index in [1.165, 1.54) is 0 Å². The third kappa shape index (κ3) is 4.61. The summed E-state index contributed by atoms with van der Waals surface area (Å²) in [6.07, 6.45) is 1.48. The van der Waals surface area contributed by atoms with Gasteiger partial charge in [-0.05, 0) is 48.7 Å². The van der Waals surface area contributed by atoms with Gasteiger partial charge in [0, 0.05) is 18.7 Å². The Labute approximate surface area is 182 Å². The Kier molecular flexibility index (Phi) is 6.03. The van der Waals surface area contributed by atoms with Crippen molar-refractivity contribution in [3.8, 4) is 5.75 Å². The van der Waals surface area contributed by atoms with Gasteiger partial charge >= 0.3 is 0 Å². The molecule has 5 heteroatoms. The largest absolute Gasteiger partial charge is 0.484 e. The third-order valence-electron chi connectivity index (χ3n) is 5.68. The van der Waals surface area contributed by atoms with E-state index in [4.69, 9.17) is 4.74 Å². The van der Waals surface area contributed by atoms with E-state index in [-0.39, 0.29) is 18.4 Å². The molecule has 1 saturated heterocycles. The van der Waals surface area contributed by atoms with Gasteiger partial charge in [0.15, 0.2) is 6.61 Å². The molecule has 5 nitrogen and oxygen atoms in total. The number of nitrogens with zero attached hydrogens (tertiary/aromatic N) is 1. The molecule has 0 aliphatic carbocycles. The maximum absolute atomic E-state index is 12.8. The van der Waals surface area contributed by atoms with Crippen LogP contribution >= 0.6 is 0 Å². The minimum atomic E-state index is -0.678. The second-order valence-corrected chi connectivity index (χ2v) is 7.84. The Morgan fingerprint density at radius 1 is 0.935 bits per heavy atom. The van der Waals surface area contributed by atoms with Gasteiger partial charge in [-0.25, -0.2) is 0 Å². The molecule has 0 radical (unpaired) electrons. The van der Waals surface area contributed by atoms with Crippen LogP contribution in [0.4, 0.5) is 5.69 Å². The highest BCUT2D eigenvalue weighted by molar-refractivity contribution is 5.95. The van der Waals surface area contributed by atoms with Crippen molar-refractivity contribution >= 4 is 17.5 Å². The highest BCUT2D eigenvalue weighted by Crippen LogP contribution is 2.29. The van der Waals surface area contributed by atoms with Crippen molar-refractivity contribution in [2.24, 2.45) is 0 Å². The summed E-state index contributed by atoms with van der Waals surface area (Å²) < 4.78 is 5.71. The lowest BCUT2D eigenvalue weighted by Gasteiger charge is -2.32. The average molecular weight is 415 g/mol. The van der Waals surface area contributed by atoms with Crippen LogP contribution in [0, 0.1) is 0 Å². The molecule has 3 aromatic rings. The molecule has 3 aromatic carbocycles. The first-order chi connectivity index (χ1) is 15.1. The second kappa shape index (κ2) is 9.04. The zero-order chi connectivity index (χ0) is 21.7. The normalized spacial score (nSPS) is 13.8. The molecule has 0 spiro atoms. The van der Waals surface area contributed by atoms with E-state index in [0.29, 0.717) is 12.2 Å². The van der Waals surface area contributed by atoms with Gasteiger partial charge in [0.2, 0.25) is 5.91 Å². The predicted molar refractivity (Wildman–Crippen MR) is 121 cm³/mol. The lowest BCUT2D eigenvalue weighted by molar-refractivity contribution is -0.124. The molecule has 1 aliphatic rings. The van der Waals surface area contributed by atoms with E-state index in [9.17, 15) is 9.59 Å². The van der Waals surface area contributed by atoms with Gasteiger partial charge in [-0.2, -0.15) is 0 Å². The van der Waals surface area contributed by atoms with Crippen LogP contribution in [0.25, 0.3) is 0 Å². The number of carbonyl (C=O) groups is 2. The summed E-state index contributed by atoms with van der Waals surface area (Å²) in [5.41, 5.74) is 2.17. The summed E-state index contributed by atoms with van der Waals surface area (Å²) in [5.74, 6) is 0.523. The molecule has 158 valence electrons. The maximum Gasteiger partial charge on any atom is 0.258 e. The molecule has 1 fully saturated rings. The van der Waals surface area contributed by atoms with Crippen LogP contribution in [0.2, 0.25) is 0 Å². The monoisotopic (exact) mass is 414 g/mol. The number of benzene rings is 3. The number of carbonyl (C=O) groups excluding carboxylic acids is 2. The van der Waals surface area contributed by atoms with E-state index in [0.717, 1.165) is 29.8 Å². The number of amides is 2. The van der Waals surface area contributed by atoms with Crippen LogP contribution in [0.3, 0.4) is 0 Å². The molecular weight excluding hydrogens is 388 g/mol. The van der Waals surface area contributed by atoms with E-state index in [1.54, 1.807) is 17.0 Å². The molecule has 0 saturated carbocycles. The highest BCUT2D eigenvalue weighted by Gasteiger charge is 2.30. The van der Waals surface area contributed by atoms with Gasteiger partial charge < -0.3 is 15.0 Å². The average Bonchev–Trinajstić information content (AvgIpc) is 3.25. The summed E-state index contributed by atoms with van der Waals surface area (Å²) in [5, 5.41) is 3.14. The first kappa shape index (κ1) is 20.7. The molecule has 2 amide bonds.